The summed E-state index contributed by atoms with van der Waals surface area (Å²) in [6.07, 6.45) is 13.1. The Bertz CT molecular complexity index is 232. The van der Waals surface area contributed by atoms with Gasteiger partial charge in [0.15, 0.2) is 0 Å². The van der Waals surface area contributed by atoms with E-state index in [-0.39, 0.29) is 5.92 Å². The van der Waals surface area contributed by atoms with Gasteiger partial charge in [0.1, 0.15) is 0 Å². The fourth-order valence-electron chi connectivity index (χ4n) is 2.46. The zero-order valence-electron chi connectivity index (χ0n) is 13.5. The Hall–Kier alpha value is 0.350. The van der Waals surface area contributed by atoms with Gasteiger partial charge in [0.25, 0.3) is 5.97 Å². The van der Waals surface area contributed by atoms with Crippen molar-refractivity contribution in [1.29, 1.82) is 0 Å². The highest BCUT2D eigenvalue weighted by Gasteiger charge is 2.37. The molecule has 0 spiro atoms. The average molecular weight is 398 g/mol. The van der Waals surface area contributed by atoms with Gasteiger partial charge in [0, 0.05) is 25.8 Å². The SMILES string of the molecule is CCCCCCCCC(C=CCI)C(OC)(OC)OC. The lowest BCUT2D eigenvalue weighted by molar-refractivity contribution is -0.372. The number of halogens is 1. The summed E-state index contributed by atoms with van der Waals surface area (Å²) in [4.78, 5) is 0. The van der Waals surface area contributed by atoms with Crippen LogP contribution in [0.1, 0.15) is 51.9 Å². The molecule has 20 heavy (non-hydrogen) atoms. The van der Waals surface area contributed by atoms with Crippen molar-refractivity contribution in [2.45, 2.75) is 57.8 Å². The van der Waals surface area contributed by atoms with Crippen LogP contribution in [0.5, 0.6) is 0 Å². The van der Waals surface area contributed by atoms with Gasteiger partial charge >= 0.3 is 0 Å². The van der Waals surface area contributed by atoms with Crippen molar-refractivity contribution in [2.75, 3.05) is 25.8 Å². The molecule has 0 aliphatic rings. The first kappa shape index (κ1) is 20.3. The van der Waals surface area contributed by atoms with Gasteiger partial charge in [0.05, 0.1) is 5.92 Å². The minimum Gasteiger partial charge on any atom is -0.330 e. The van der Waals surface area contributed by atoms with Crippen molar-refractivity contribution < 1.29 is 14.2 Å². The third-order valence-electron chi connectivity index (χ3n) is 3.63. The molecule has 0 radical (unpaired) electrons. The molecule has 0 amide bonds. The predicted octanol–water partition coefficient (Wildman–Crippen LogP) is 4.94. The summed E-state index contributed by atoms with van der Waals surface area (Å²) in [6.45, 7) is 2.25. The second kappa shape index (κ2) is 13.0. The predicted molar refractivity (Wildman–Crippen MR) is 93.3 cm³/mol. The Morgan fingerprint density at radius 2 is 1.50 bits per heavy atom. The Morgan fingerprint density at radius 3 is 2.00 bits per heavy atom. The largest absolute Gasteiger partial charge is 0.330 e. The maximum Gasteiger partial charge on any atom is 0.288 e. The van der Waals surface area contributed by atoms with Gasteiger partial charge < -0.3 is 14.2 Å². The number of alkyl halides is 1. The van der Waals surface area contributed by atoms with Crippen molar-refractivity contribution in [2.24, 2.45) is 5.92 Å². The summed E-state index contributed by atoms with van der Waals surface area (Å²) < 4.78 is 17.5. The summed E-state index contributed by atoms with van der Waals surface area (Å²) in [5, 5.41) is 0. The summed E-state index contributed by atoms with van der Waals surface area (Å²) in [5.41, 5.74) is 0. The fourth-order valence-corrected chi connectivity index (χ4v) is 2.75. The van der Waals surface area contributed by atoms with Crippen LogP contribution in [0.3, 0.4) is 0 Å². The first-order valence-corrected chi connectivity index (χ1v) is 9.11. The van der Waals surface area contributed by atoms with Gasteiger partial charge in [-0.15, -0.1) is 0 Å². The average Bonchev–Trinajstić information content (AvgIpc) is 2.49. The van der Waals surface area contributed by atoms with Gasteiger partial charge in [-0.25, -0.2) is 0 Å². The Balaban J connectivity index is 4.37. The first-order valence-electron chi connectivity index (χ1n) is 7.58. The molecule has 120 valence electrons. The van der Waals surface area contributed by atoms with Crippen molar-refractivity contribution in [1.82, 2.24) is 0 Å². The van der Waals surface area contributed by atoms with Gasteiger partial charge in [-0.05, 0) is 6.42 Å². The highest BCUT2D eigenvalue weighted by Crippen LogP contribution is 2.30. The van der Waals surface area contributed by atoms with Gasteiger partial charge in [-0.2, -0.15) is 0 Å². The van der Waals surface area contributed by atoms with Crippen LogP contribution in [0.15, 0.2) is 12.2 Å². The molecule has 1 atom stereocenters. The lowest BCUT2D eigenvalue weighted by atomic mass is 9.97. The smallest absolute Gasteiger partial charge is 0.288 e. The van der Waals surface area contributed by atoms with Gasteiger partial charge in [-0.3, -0.25) is 0 Å². The maximum atomic E-state index is 5.49. The van der Waals surface area contributed by atoms with Gasteiger partial charge in [0.2, 0.25) is 0 Å². The molecule has 0 aliphatic carbocycles. The van der Waals surface area contributed by atoms with E-state index in [2.05, 4.69) is 41.7 Å². The number of unbranched alkanes of at least 4 members (excludes halogenated alkanes) is 5. The van der Waals surface area contributed by atoms with E-state index in [9.17, 15) is 0 Å². The molecule has 0 fully saturated rings. The van der Waals surface area contributed by atoms with Crippen LogP contribution in [-0.4, -0.2) is 31.7 Å². The van der Waals surface area contributed by atoms with Crippen molar-refractivity contribution >= 4 is 22.6 Å². The zero-order valence-corrected chi connectivity index (χ0v) is 15.6. The van der Waals surface area contributed by atoms with Crippen molar-refractivity contribution in [3.63, 3.8) is 0 Å². The summed E-state index contributed by atoms with van der Waals surface area (Å²) in [7, 11) is 4.91. The van der Waals surface area contributed by atoms with Crippen LogP contribution in [0.25, 0.3) is 0 Å². The summed E-state index contributed by atoms with van der Waals surface area (Å²) in [6, 6.07) is 0. The minimum absolute atomic E-state index is 0.128. The highest BCUT2D eigenvalue weighted by molar-refractivity contribution is 14.1. The topological polar surface area (TPSA) is 27.7 Å². The molecule has 0 N–H and O–H groups in total. The summed E-state index contributed by atoms with van der Waals surface area (Å²) in [5.74, 6) is -0.824. The highest BCUT2D eigenvalue weighted by atomic mass is 127. The van der Waals surface area contributed by atoms with Crippen molar-refractivity contribution in [3.8, 4) is 0 Å². The van der Waals surface area contributed by atoms with Crippen LogP contribution >= 0.6 is 22.6 Å². The number of hydrogen-bond acceptors (Lipinski definition) is 3. The molecule has 0 aliphatic heterocycles. The maximum absolute atomic E-state index is 5.49. The van der Waals surface area contributed by atoms with Gasteiger partial charge in [-0.1, -0.05) is 80.2 Å². The second-order valence-corrected chi connectivity index (χ2v) is 5.84. The third kappa shape index (κ3) is 7.38. The van der Waals surface area contributed by atoms with E-state index in [0.717, 1.165) is 10.8 Å². The molecule has 0 aromatic heterocycles. The third-order valence-corrected chi connectivity index (χ3v) is 4.14. The normalized spacial score (nSPS) is 14.1. The number of methoxy groups -OCH3 is 3. The van der Waals surface area contributed by atoms with Crippen LogP contribution in [0.2, 0.25) is 0 Å². The molecule has 0 saturated heterocycles. The molecule has 0 aromatic rings. The molecule has 0 saturated carbocycles. The quantitative estimate of drug-likeness (QED) is 0.145. The van der Waals surface area contributed by atoms with E-state index in [1.165, 1.54) is 38.5 Å². The Labute approximate surface area is 138 Å². The molecule has 0 heterocycles. The van der Waals surface area contributed by atoms with Crippen LogP contribution in [-0.2, 0) is 14.2 Å². The Morgan fingerprint density at radius 1 is 0.950 bits per heavy atom. The molecule has 3 nitrogen and oxygen atoms in total. The number of ether oxygens (including phenoxy) is 3. The Kier molecular flexibility index (Phi) is 13.3. The molecule has 0 bridgehead atoms. The lowest BCUT2D eigenvalue weighted by Crippen LogP contribution is -2.43. The van der Waals surface area contributed by atoms with E-state index in [1.807, 2.05) is 0 Å². The molecule has 1 unspecified atom stereocenters. The summed E-state index contributed by atoms with van der Waals surface area (Å²) >= 11 is 2.34. The number of allylic oxidation sites excluding steroid dienone is 1. The zero-order chi connectivity index (χ0) is 15.3. The number of hydrogen-bond donors (Lipinski definition) is 0. The van der Waals surface area contributed by atoms with E-state index >= 15 is 0 Å². The molecule has 4 heteroatoms. The molecule has 0 rings (SSSR count). The first-order chi connectivity index (χ1) is 9.70. The molecule has 0 aromatic carbocycles. The molecular weight excluding hydrogens is 367 g/mol. The standard InChI is InChI=1S/C16H31IO3/c1-5-6-7-8-9-10-12-15(13-11-14-17)16(18-2,19-3)20-4/h11,13,15H,5-10,12,14H2,1-4H3. The number of rotatable bonds is 13. The fraction of sp³-hybridized carbons (Fsp3) is 0.875. The van der Waals surface area contributed by atoms with Crippen LogP contribution in [0.4, 0.5) is 0 Å². The second-order valence-electron chi connectivity index (χ2n) is 4.96. The van der Waals surface area contributed by atoms with Crippen LogP contribution in [0, 0.1) is 5.92 Å². The van der Waals surface area contributed by atoms with Crippen LogP contribution < -0.4 is 0 Å². The van der Waals surface area contributed by atoms with E-state index in [0.29, 0.717) is 0 Å². The van der Waals surface area contributed by atoms with E-state index in [4.69, 9.17) is 14.2 Å². The lowest BCUT2D eigenvalue weighted by Gasteiger charge is -2.35. The van der Waals surface area contributed by atoms with E-state index in [1.54, 1.807) is 21.3 Å². The molecular formula is C16H31IO3. The van der Waals surface area contributed by atoms with Crippen molar-refractivity contribution in [3.05, 3.63) is 12.2 Å². The minimum atomic E-state index is -0.953. The van der Waals surface area contributed by atoms with E-state index < -0.39 is 5.97 Å². The monoisotopic (exact) mass is 398 g/mol.